The smallest absolute Gasteiger partial charge is 0.0967 e. The second-order valence-corrected chi connectivity index (χ2v) is 9.55. The molecule has 0 aliphatic heterocycles. The molecule has 34 heavy (non-hydrogen) atoms. The molecule has 0 aromatic heterocycles. The summed E-state index contributed by atoms with van der Waals surface area (Å²) in [6.45, 7) is 2.28. The van der Waals surface area contributed by atoms with Crippen molar-refractivity contribution in [3.63, 3.8) is 0 Å². The van der Waals surface area contributed by atoms with Gasteiger partial charge in [0.15, 0.2) is 0 Å². The summed E-state index contributed by atoms with van der Waals surface area (Å²) in [6, 6.07) is 36.7. The van der Waals surface area contributed by atoms with E-state index in [4.69, 9.17) is 15.7 Å². The zero-order chi connectivity index (χ0) is 23.3. The van der Waals surface area contributed by atoms with Crippen molar-refractivity contribution in [2.75, 3.05) is 0 Å². The summed E-state index contributed by atoms with van der Waals surface area (Å²) in [5.41, 5.74) is 10.4. The third kappa shape index (κ3) is 3.32. The van der Waals surface area contributed by atoms with E-state index in [1.54, 1.807) is 0 Å². The van der Waals surface area contributed by atoms with Crippen molar-refractivity contribution in [1.29, 1.82) is 0 Å². The molecule has 0 unspecified atom stereocenters. The first-order chi connectivity index (χ1) is 16.5. The summed E-state index contributed by atoms with van der Waals surface area (Å²) >= 11 is 0. The Morgan fingerprint density at radius 2 is 1.09 bits per heavy atom. The predicted molar refractivity (Wildman–Crippen MR) is 146 cm³/mol. The normalized spacial score (nSPS) is 12.9. The average Bonchev–Trinajstić information content (AvgIpc) is 2.85. The van der Waals surface area contributed by atoms with E-state index in [-0.39, 0.29) is 5.41 Å². The minimum atomic E-state index is -0.331. The van der Waals surface area contributed by atoms with Gasteiger partial charge in [-0.15, -0.1) is 0 Å². The summed E-state index contributed by atoms with van der Waals surface area (Å²) in [6.07, 6.45) is 2.37. The third-order valence-electron chi connectivity index (χ3n) is 7.64. The van der Waals surface area contributed by atoms with E-state index in [2.05, 4.69) is 85.8 Å². The number of rotatable bonds is 4. The highest BCUT2D eigenvalue weighted by molar-refractivity contribution is 6.32. The lowest BCUT2D eigenvalue weighted by molar-refractivity contribution is 0.693. The molecule has 0 nitrogen and oxygen atoms in total. The van der Waals surface area contributed by atoms with Crippen LogP contribution in [-0.4, -0.2) is 15.7 Å². The van der Waals surface area contributed by atoms with Crippen molar-refractivity contribution in [3.05, 3.63) is 131 Å². The van der Waals surface area contributed by atoms with Gasteiger partial charge in [-0.3, -0.25) is 0 Å². The first-order valence-corrected chi connectivity index (χ1v) is 11.9. The van der Waals surface area contributed by atoms with Crippen LogP contribution in [0.5, 0.6) is 0 Å². The molecule has 0 fully saturated rings. The Labute approximate surface area is 204 Å². The van der Waals surface area contributed by atoms with Gasteiger partial charge >= 0.3 is 0 Å². The quantitative estimate of drug-likeness (QED) is 0.259. The largest absolute Gasteiger partial charge is 0.113 e. The number of hydrogen-bond acceptors (Lipinski definition) is 0. The molecule has 5 aromatic carbocycles. The second-order valence-electron chi connectivity index (χ2n) is 9.55. The van der Waals surface area contributed by atoms with Crippen LogP contribution in [0.25, 0.3) is 21.9 Å². The average molecular weight is 430 g/mol. The maximum atomic E-state index is 6.01. The number of aryl methyl sites for hydroxylation is 2. The van der Waals surface area contributed by atoms with Gasteiger partial charge in [0.05, 0.1) is 0 Å². The standard InChI is InChI=1S/C32H24B2/c1-32(24-11-15-26(33)16-12-24,25-13-17-27(34)18-14-25)23-9-6-21(7-10-23)31-20-22-8-19-28(22)29-4-2-3-5-30(29)31/h2-7,9-18,20H,8,19H2,1H3. The van der Waals surface area contributed by atoms with Gasteiger partial charge in [-0.05, 0) is 69.5 Å². The Balaban J connectivity index is 1.49. The maximum Gasteiger partial charge on any atom is 0.113 e. The molecule has 0 atom stereocenters. The van der Waals surface area contributed by atoms with Crippen molar-refractivity contribution < 1.29 is 0 Å². The van der Waals surface area contributed by atoms with Crippen LogP contribution in [-0.2, 0) is 18.3 Å². The maximum absolute atomic E-state index is 6.01. The highest BCUT2D eigenvalue weighted by atomic mass is 14.3. The van der Waals surface area contributed by atoms with Crippen LogP contribution < -0.4 is 10.9 Å². The molecule has 0 bridgehead atoms. The van der Waals surface area contributed by atoms with Crippen LogP contribution in [0, 0.1) is 0 Å². The van der Waals surface area contributed by atoms with Gasteiger partial charge in [0.1, 0.15) is 15.7 Å². The molecule has 0 spiro atoms. The summed E-state index contributed by atoms with van der Waals surface area (Å²) in [4.78, 5) is 0. The lowest BCUT2D eigenvalue weighted by Crippen LogP contribution is -2.26. The van der Waals surface area contributed by atoms with Gasteiger partial charge in [-0.2, -0.15) is 0 Å². The first-order valence-electron chi connectivity index (χ1n) is 11.9. The summed E-state index contributed by atoms with van der Waals surface area (Å²) in [5.74, 6) is 0. The van der Waals surface area contributed by atoms with E-state index in [9.17, 15) is 0 Å². The van der Waals surface area contributed by atoms with Crippen LogP contribution in [0.15, 0.2) is 103 Å². The molecule has 0 amide bonds. The Kier molecular flexibility index (Phi) is 4.99. The monoisotopic (exact) mass is 430 g/mol. The fourth-order valence-electron chi connectivity index (χ4n) is 5.45. The topological polar surface area (TPSA) is 0 Å². The highest BCUT2D eigenvalue weighted by Gasteiger charge is 2.31. The van der Waals surface area contributed by atoms with E-state index >= 15 is 0 Å². The first kappa shape index (κ1) is 21.1. The Bertz CT molecular complexity index is 1450. The number of hydrogen-bond donors (Lipinski definition) is 0. The second kappa shape index (κ2) is 8.06. The van der Waals surface area contributed by atoms with E-state index < -0.39 is 0 Å². The Morgan fingerprint density at radius 1 is 0.588 bits per heavy atom. The molecule has 4 radical (unpaired) electrons. The minimum absolute atomic E-state index is 0.331. The van der Waals surface area contributed by atoms with Gasteiger partial charge < -0.3 is 0 Å². The molecule has 5 aromatic rings. The highest BCUT2D eigenvalue weighted by Crippen LogP contribution is 2.41. The third-order valence-corrected chi connectivity index (χ3v) is 7.64. The zero-order valence-corrected chi connectivity index (χ0v) is 19.4. The van der Waals surface area contributed by atoms with E-state index in [0.717, 1.165) is 10.9 Å². The molecule has 6 rings (SSSR count). The molecular weight excluding hydrogens is 406 g/mol. The summed E-state index contributed by atoms with van der Waals surface area (Å²) < 4.78 is 0. The fraction of sp³-hybridized carbons (Fsp3) is 0.125. The Hall–Kier alpha value is -3.51. The number of fused-ring (bicyclic) bond motifs is 3. The van der Waals surface area contributed by atoms with Crippen molar-refractivity contribution >= 4 is 37.4 Å². The van der Waals surface area contributed by atoms with Crippen LogP contribution >= 0.6 is 0 Å². The summed E-state index contributed by atoms with van der Waals surface area (Å²) in [5, 5.41) is 2.74. The van der Waals surface area contributed by atoms with Gasteiger partial charge in [0.25, 0.3) is 0 Å². The summed E-state index contributed by atoms with van der Waals surface area (Å²) in [7, 11) is 12.0. The van der Waals surface area contributed by atoms with Crippen molar-refractivity contribution in [2.45, 2.75) is 25.2 Å². The molecule has 1 aliphatic rings. The SMILES string of the molecule is [B]c1ccc(C(C)(c2ccc([B])cc2)c2ccc(-c3cc4c(c5ccccc35)CC4)cc2)cc1. The van der Waals surface area contributed by atoms with Gasteiger partial charge in [0, 0.05) is 5.41 Å². The van der Waals surface area contributed by atoms with Gasteiger partial charge in [-0.25, -0.2) is 0 Å². The van der Waals surface area contributed by atoms with E-state index in [1.165, 1.54) is 62.6 Å². The van der Waals surface area contributed by atoms with Crippen LogP contribution in [0.4, 0.5) is 0 Å². The lowest BCUT2D eigenvalue weighted by atomic mass is 9.70. The lowest BCUT2D eigenvalue weighted by Gasteiger charge is -2.32. The molecular formula is C32H24B2. The number of benzene rings is 5. The zero-order valence-electron chi connectivity index (χ0n) is 19.4. The van der Waals surface area contributed by atoms with E-state index in [1.807, 2.05) is 24.3 Å². The van der Waals surface area contributed by atoms with Crippen molar-refractivity contribution in [1.82, 2.24) is 0 Å². The minimum Gasteiger partial charge on any atom is -0.0967 e. The predicted octanol–water partition coefficient (Wildman–Crippen LogP) is 5.55. The molecule has 2 heteroatoms. The molecule has 0 heterocycles. The van der Waals surface area contributed by atoms with E-state index in [0.29, 0.717) is 0 Å². The molecule has 158 valence electrons. The van der Waals surface area contributed by atoms with Gasteiger partial charge in [-0.1, -0.05) is 114 Å². The fourth-order valence-corrected chi connectivity index (χ4v) is 5.45. The van der Waals surface area contributed by atoms with Crippen LogP contribution in [0.3, 0.4) is 0 Å². The molecule has 0 N–H and O–H groups in total. The van der Waals surface area contributed by atoms with Crippen LogP contribution in [0.2, 0.25) is 0 Å². The van der Waals surface area contributed by atoms with Crippen LogP contribution in [0.1, 0.15) is 34.7 Å². The van der Waals surface area contributed by atoms with Crippen molar-refractivity contribution in [2.24, 2.45) is 0 Å². The molecule has 0 saturated heterocycles. The Morgan fingerprint density at radius 3 is 1.59 bits per heavy atom. The van der Waals surface area contributed by atoms with Crippen molar-refractivity contribution in [3.8, 4) is 11.1 Å². The molecule has 1 aliphatic carbocycles. The van der Waals surface area contributed by atoms with Gasteiger partial charge in [0.2, 0.25) is 0 Å². The molecule has 0 saturated carbocycles.